The van der Waals surface area contributed by atoms with Crippen molar-refractivity contribution in [3.05, 3.63) is 29.3 Å². The Morgan fingerprint density at radius 1 is 1.45 bits per heavy atom. The van der Waals surface area contributed by atoms with Crippen LogP contribution in [0.3, 0.4) is 0 Å². The van der Waals surface area contributed by atoms with E-state index < -0.39 is 0 Å². The molecule has 2 heterocycles. The fourth-order valence-electron chi connectivity index (χ4n) is 2.83. The molecule has 1 aromatic carbocycles. The van der Waals surface area contributed by atoms with Crippen LogP contribution in [-0.2, 0) is 4.74 Å². The Kier molecular flexibility index (Phi) is 4.90. The molecule has 0 bridgehead atoms. The molecule has 0 radical (unpaired) electrons. The van der Waals surface area contributed by atoms with Gasteiger partial charge in [-0.15, -0.1) is 11.3 Å². The normalized spacial score (nSPS) is 18.6. The lowest BCUT2D eigenvalue weighted by molar-refractivity contribution is 0.145. The number of para-hydroxylation sites is 1. The number of methoxy groups -OCH3 is 1. The van der Waals surface area contributed by atoms with Crippen molar-refractivity contribution in [1.29, 1.82) is 0 Å². The zero-order chi connectivity index (χ0) is 15.4. The number of nitrogens with one attached hydrogen (secondary N) is 1. The second-order valence-electron chi connectivity index (χ2n) is 5.45. The summed E-state index contributed by atoms with van der Waals surface area (Å²) in [5, 5.41) is 3.97. The van der Waals surface area contributed by atoms with E-state index in [1.807, 2.05) is 23.1 Å². The number of piperidine rings is 1. The summed E-state index contributed by atoms with van der Waals surface area (Å²) >= 11 is 1.70. The van der Waals surface area contributed by atoms with Crippen molar-refractivity contribution in [2.75, 3.05) is 26.8 Å². The molecule has 0 saturated carbocycles. The first-order valence-electron chi connectivity index (χ1n) is 7.68. The molecule has 0 aliphatic carbocycles. The Balaban J connectivity index is 1.78. The molecule has 0 unspecified atom stereocenters. The minimum absolute atomic E-state index is 0.0130. The first kappa shape index (κ1) is 15.2. The van der Waals surface area contributed by atoms with E-state index in [1.54, 1.807) is 18.4 Å². The van der Waals surface area contributed by atoms with Crippen molar-refractivity contribution in [3.8, 4) is 0 Å². The summed E-state index contributed by atoms with van der Waals surface area (Å²) in [6.07, 6.45) is 3.18. The van der Waals surface area contributed by atoms with Crippen LogP contribution in [0.2, 0.25) is 0 Å². The molecular weight excluding hydrogens is 298 g/mol. The van der Waals surface area contributed by atoms with Gasteiger partial charge in [0.1, 0.15) is 5.01 Å². The summed E-state index contributed by atoms with van der Waals surface area (Å²) in [5.41, 5.74) is 1.02. The highest BCUT2D eigenvalue weighted by molar-refractivity contribution is 7.18. The van der Waals surface area contributed by atoms with E-state index in [-0.39, 0.29) is 12.1 Å². The number of amides is 2. The van der Waals surface area contributed by atoms with Crippen LogP contribution in [0, 0.1) is 0 Å². The number of urea groups is 1. The highest BCUT2D eigenvalue weighted by Crippen LogP contribution is 2.35. The molecule has 1 saturated heterocycles. The molecular formula is C16H21N3O2S. The molecule has 6 heteroatoms. The number of carbonyl (C=O) groups is 1. The number of ether oxygens (including phenoxy) is 1. The second kappa shape index (κ2) is 7.07. The SMILES string of the molecule is COCCNC(=O)N1CCCC[C@@H]1c1nc2ccccc2s1. The van der Waals surface area contributed by atoms with Gasteiger partial charge in [-0.05, 0) is 31.4 Å². The maximum atomic E-state index is 12.4. The summed E-state index contributed by atoms with van der Waals surface area (Å²) in [7, 11) is 1.64. The molecule has 1 aliphatic heterocycles. The van der Waals surface area contributed by atoms with Gasteiger partial charge in [0, 0.05) is 20.2 Å². The molecule has 0 spiro atoms. The van der Waals surface area contributed by atoms with Crippen LogP contribution >= 0.6 is 11.3 Å². The number of carbonyl (C=O) groups excluding carboxylic acids is 1. The number of fused-ring (bicyclic) bond motifs is 1. The number of thiazole rings is 1. The summed E-state index contributed by atoms with van der Waals surface area (Å²) in [5.74, 6) is 0. The number of hydrogen-bond donors (Lipinski definition) is 1. The lowest BCUT2D eigenvalue weighted by atomic mass is 10.0. The van der Waals surface area contributed by atoms with Gasteiger partial charge in [-0.2, -0.15) is 0 Å². The first-order chi connectivity index (χ1) is 10.8. The van der Waals surface area contributed by atoms with Crippen LogP contribution in [0.25, 0.3) is 10.2 Å². The summed E-state index contributed by atoms with van der Waals surface area (Å²) in [4.78, 5) is 19.1. The van der Waals surface area contributed by atoms with Crippen LogP contribution in [0.5, 0.6) is 0 Å². The second-order valence-corrected chi connectivity index (χ2v) is 6.51. The summed E-state index contributed by atoms with van der Waals surface area (Å²) in [6, 6.07) is 8.22. The van der Waals surface area contributed by atoms with E-state index in [9.17, 15) is 4.79 Å². The van der Waals surface area contributed by atoms with E-state index in [0.29, 0.717) is 13.2 Å². The van der Waals surface area contributed by atoms with Crippen LogP contribution in [0.1, 0.15) is 30.3 Å². The predicted molar refractivity (Wildman–Crippen MR) is 88.2 cm³/mol. The van der Waals surface area contributed by atoms with Gasteiger partial charge in [-0.25, -0.2) is 9.78 Å². The maximum absolute atomic E-state index is 12.4. The zero-order valence-corrected chi connectivity index (χ0v) is 13.6. The highest BCUT2D eigenvalue weighted by atomic mass is 32.1. The lowest BCUT2D eigenvalue weighted by Gasteiger charge is -2.34. The van der Waals surface area contributed by atoms with Gasteiger partial charge in [-0.3, -0.25) is 0 Å². The van der Waals surface area contributed by atoms with Gasteiger partial charge in [0.25, 0.3) is 0 Å². The Bertz CT molecular complexity index is 610. The largest absolute Gasteiger partial charge is 0.383 e. The maximum Gasteiger partial charge on any atom is 0.318 e. The van der Waals surface area contributed by atoms with Gasteiger partial charge in [0.2, 0.25) is 0 Å². The van der Waals surface area contributed by atoms with E-state index in [2.05, 4.69) is 11.4 Å². The average Bonchev–Trinajstić information content (AvgIpc) is 2.99. The van der Waals surface area contributed by atoms with Crippen molar-refractivity contribution in [2.45, 2.75) is 25.3 Å². The summed E-state index contributed by atoms with van der Waals surface area (Å²) < 4.78 is 6.17. The van der Waals surface area contributed by atoms with Gasteiger partial charge in [0.15, 0.2) is 0 Å². The molecule has 1 aliphatic rings. The number of benzene rings is 1. The Morgan fingerprint density at radius 3 is 3.14 bits per heavy atom. The van der Waals surface area contributed by atoms with Crippen LogP contribution < -0.4 is 5.32 Å². The van der Waals surface area contributed by atoms with E-state index in [4.69, 9.17) is 9.72 Å². The third-order valence-corrected chi connectivity index (χ3v) is 5.08. The standard InChI is InChI=1S/C16H21N3O2S/c1-21-11-9-17-16(20)19-10-5-4-7-13(19)15-18-12-6-2-3-8-14(12)22-15/h2-3,6,8,13H,4-5,7,9-11H2,1H3,(H,17,20)/t13-/m1/s1. The molecule has 22 heavy (non-hydrogen) atoms. The van der Waals surface area contributed by atoms with E-state index >= 15 is 0 Å². The smallest absolute Gasteiger partial charge is 0.318 e. The Hall–Kier alpha value is -1.66. The summed E-state index contributed by atoms with van der Waals surface area (Å²) in [6.45, 7) is 1.86. The fourth-order valence-corrected chi connectivity index (χ4v) is 3.94. The van der Waals surface area contributed by atoms with E-state index in [1.165, 1.54) is 4.70 Å². The van der Waals surface area contributed by atoms with Gasteiger partial charge in [0.05, 0.1) is 22.9 Å². The molecule has 1 N–H and O–H groups in total. The Morgan fingerprint density at radius 2 is 2.32 bits per heavy atom. The third-order valence-electron chi connectivity index (χ3n) is 3.94. The van der Waals surface area contributed by atoms with E-state index in [0.717, 1.165) is 36.3 Å². The van der Waals surface area contributed by atoms with Crippen molar-refractivity contribution < 1.29 is 9.53 Å². The van der Waals surface area contributed by atoms with Crippen molar-refractivity contribution in [1.82, 2.24) is 15.2 Å². The molecule has 2 amide bonds. The van der Waals surface area contributed by atoms with Crippen molar-refractivity contribution >= 4 is 27.6 Å². The quantitative estimate of drug-likeness (QED) is 0.881. The van der Waals surface area contributed by atoms with Gasteiger partial charge in [-0.1, -0.05) is 12.1 Å². The molecule has 2 aromatic rings. The average molecular weight is 319 g/mol. The molecule has 118 valence electrons. The van der Waals surface area contributed by atoms with Crippen molar-refractivity contribution in [2.24, 2.45) is 0 Å². The molecule has 1 fully saturated rings. The molecule has 5 nitrogen and oxygen atoms in total. The lowest BCUT2D eigenvalue weighted by Crippen LogP contribution is -2.45. The number of likely N-dealkylation sites (tertiary alicyclic amines) is 1. The molecule has 3 rings (SSSR count). The zero-order valence-electron chi connectivity index (χ0n) is 12.7. The van der Waals surface area contributed by atoms with Crippen LogP contribution in [0.4, 0.5) is 4.79 Å². The number of nitrogens with zero attached hydrogens (tertiary/aromatic N) is 2. The number of hydrogen-bond acceptors (Lipinski definition) is 4. The van der Waals surface area contributed by atoms with Crippen LogP contribution in [-0.4, -0.2) is 42.7 Å². The number of rotatable bonds is 4. The fraction of sp³-hybridized carbons (Fsp3) is 0.500. The van der Waals surface area contributed by atoms with Crippen LogP contribution in [0.15, 0.2) is 24.3 Å². The van der Waals surface area contributed by atoms with Crippen molar-refractivity contribution in [3.63, 3.8) is 0 Å². The monoisotopic (exact) mass is 319 g/mol. The van der Waals surface area contributed by atoms with Gasteiger partial charge >= 0.3 is 6.03 Å². The third kappa shape index (κ3) is 3.23. The van der Waals surface area contributed by atoms with Gasteiger partial charge < -0.3 is 15.0 Å². The minimum Gasteiger partial charge on any atom is -0.383 e. The Labute approximate surface area is 134 Å². The topological polar surface area (TPSA) is 54.5 Å². The minimum atomic E-state index is -0.0130. The number of aromatic nitrogens is 1. The predicted octanol–water partition coefficient (Wildman–Crippen LogP) is 3.18. The highest BCUT2D eigenvalue weighted by Gasteiger charge is 2.30. The first-order valence-corrected chi connectivity index (χ1v) is 8.50. The molecule has 1 aromatic heterocycles. The molecule has 1 atom stereocenters.